The van der Waals surface area contributed by atoms with Crippen LogP contribution in [0.2, 0.25) is 0 Å². The third-order valence-corrected chi connectivity index (χ3v) is 5.30. The third kappa shape index (κ3) is 4.21. The molecule has 5 heteroatoms. The minimum absolute atomic E-state index is 0.306. The summed E-state index contributed by atoms with van der Waals surface area (Å²) in [5.74, 6) is 0.155. The first-order valence-corrected chi connectivity index (χ1v) is 9.83. The third-order valence-electron chi connectivity index (χ3n) is 5.30. The molecule has 0 aromatic heterocycles. The maximum atomic E-state index is 13.5. The second-order valence-electron chi connectivity index (χ2n) is 7.27. The molecule has 0 fully saturated rings. The fourth-order valence-electron chi connectivity index (χ4n) is 3.46. The van der Waals surface area contributed by atoms with Crippen LogP contribution in [0.5, 0.6) is 17.2 Å². The number of hydrogen-bond donors (Lipinski definition) is 1. The number of aliphatic carboxylic acids is 1. The number of carboxylic acids is 1. The van der Waals surface area contributed by atoms with Gasteiger partial charge >= 0.3 is 5.97 Å². The Hall–Kier alpha value is -3.86. The number of rotatable bonds is 6. The van der Waals surface area contributed by atoms with Crippen molar-refractivity contribution in [2.75, 3.05) is 7.11 Å². The van der Waals surface area contributed by atoms with Crippen LogP contribution in [0.1, 0.15) is 18.4 Å². The van der Waals surface area contributed by atoms with Gasteiger partial charge in [-0.1, -0.05) is 30.3 Å². The number of benzene rings is 4. The van der Waals surface area contributed by atoms with E-state index in [1.165, 1.54) is 12.1 Å². The second-order valence-corrected chi connectivity index (χ2v) is 7.27. The molecule has 4 nitrogen and oxygen atoms in total. The maximum Gasteiger partial charge on any atom is 0.310 e. The molecule has 1 N–H and O–H groups in total. The number of ether oxygens (including phenoxy) is 2. The van der Waals surface area contributed by atoms with Crippen molar-refractivity contribution in [3.8, 4) is 28.4 Å². The summed E-state index contributed by atoms with van der Waals surface area (Å²) in [5.41, 5.74) is 2.34. The van der Waals surface area contributed by atoms with Crippen molar-refractivity contribution in [1.82, 2.24) is 0 Å². The molecule has 0 radical (unpaired) electrons. The van der Waals surface area contributed by atoms with Crippen LogP contribution in [0.25, 0.3) is 21.9 Å². The quantitative estimate of drug-likeness (QED) is 0.383. The van der Waals surface area contributed by atoms with Crippen molar-refractivity contribution >= 4 is 16.7 Å². The molecule has 0 saturated heterocycles. The zero-order chi connectivity index (χ0) is 22.0. The molecule has 0 saturated carbocycles. The largest absolute Gasteiger partial charge is 0.497 e. The topological polar surface area (TPSA) is 55.8 Å². The maximum absolute atomic E-state index is 13.5. The zero-order valence-electron chi connectivity index (χ0n) is 17.1. The van der Waals surface area contributed by atoms with E-state index in [-0.39, 0.29) is 5.82 Å². The summed E-state index contributed by atoms with van der Waals surface area (Å²) in [6.45, 7) is 1.64. The Bertz CT molecular complexity index is 1230. The molecule has 1 atom stereocenters. The average Bonchev–Trinajstić information content (AvgIpc) is 2.79. The van der Waals surface area contributed by atoms with E-state index in [4.69, 9.17) is 9.47 Å². The summed E-state index contributed by atoms with van der Waals surface area (Å²) in [6, 6.07) is 22.9. The summed E-state index contributed by atoms with van der Waals surface area (Å²) < 4.78 is 25.1. The summed E-state index contributed by atoms with van der Waals surface area (Å²) >= 11 is 0. The molecule has 0 aliphatic carbocycles. The van der Waals surface area contributed by atoms with Crippen molar-refractivity contribution in [2.45, 2.75) is 12.8 Å². The Morgan fingerprint density at radius 3 is 2.23 bits per heavy atom. The Morgan fingerprint density at radius 1 is 0.903 bits per heavy atom. The second kappa shape index (κ2) is 8.48. The molecule has 4 aromatic carbocycles. The molecule has 156 valence electrons. The Labute approximate surface area is 179 Å². The summed E-state index contributed by atoms with van der Waals surface area (Å²) in [4.78, 5) is 11.2. The number of hydrogen-bond acceptors (Lipinski definition) is 3. The molecule has 0 amide bonds. The number of fused-ring (bicyclic) bond motifs is 1. The van der Waals surface area contributed by atoms with Gasteiger partial charge in [0.2, 0.25) is 0 Å². The predicted molar refractivity (Wildman–Crippen MR) is 118 cm³/mol. The van der Waals surface area contributed by atoms with E-state index >= 15 is 0 Å². The van der Waals surface area contributed by atoms with Crippen LogP contribution in [0.4, 0.5) is 4.39 Å². The van der Waals surface area contributed by atoms with E-state index in [0.29, 0.717) is 17.1 Å². The van der Waals surface area contributed by atoms with Crippen molar-refractivity contribution in [3.05, 3.63) is 90.2 Å². The predicted octanol–water partition coefficient (Wildman–Crippen LogP) is 6.63. The summed E-state index contributed by atoms with van der Waals surface area (Å²) in [7, 11) is 1.62. The number of carbonyl (C=O) groups is 1. The molecule has 31 heavy (non-hydrogen) atoms. The first-order chi connectivity index (χ1) is 15.0. The fourth-order valence-corrected chi connectivity index (χ4v) is 3.46. The van der Waals surface area contributed by atoms with Crippen LogP contribution in [-0.2, 0) is 4.79 Å². The van der Waals surface area contributed by atoms with Gasteiger partial charge in [-0.15, -0.1) is 0 Å². The first kappa shape index (κ1) is 20.4. The van der Waals surface area contributed by atoms with Gasteiger partial charge in [0.1, 0.15) is 23.1 Å². The molecule has 0 aliphatic rings. The molecule has 0 aliphatic heterocycles. The van der Waals surface area contributed by atoms with Crippen LogP contribution in [0.15, 0.2) is 78.9 Å². The molecule has 0 bridgehead atoms. The van der Waals surface area contributed by atoms with E-state index < -0.39 is 11.9 Å². The van der Waals surface area contributed by atoms with Gasteiger partial charge in [-0.3, -0.25) is 4.79 Å². The van der Waals surface area contributed by atoms with Crippen LogP contribution in [0.3, 0.4) is 0 Å². The highest BCUT2D eigenvalue weighted by atomic mass is 19.1. The van der Waals surface area contributed by atoms with Crippen LogP contribution < -0.4 is 9.47 Å². The van der Waals surface area contributed by atoms with Gasteiger partial charge < -0.3 is 14.6 Å². The Kier molecular flexibility index (Phi) is 5.58. The number of halogens is 1. The van der Waals surface area contributed by atoms with Crippen molar-refractivity contribution in [1.29, 1.82) is 0 Å². The van der Waals surface area contributed by atoms with Gasteiger partial charge in [0.05, 0.1) is 13.0 Å². The van der Waals surface area contributed by atoms with E-state index in [2.05, 4.69) is 0 Å². The number of carboxylic acid groups (broad SMARTS) is 1. The van der Waals surface area contributed by atoms with Crippen LogP contribution in [0, 0.1) is 5.82 Å². The molecular formula is C26H21FO4. The first-order valence-electron chi connectivity index (χ1n) is 9.83. The van der Waals surface area contributed by atoms with Gasteiger partial charge in [0.15, 0.2) is 0 Å². The standard InChI is InChI=1S/C26H21FO4/c1-16(26(28)29)17-5-10-21(11-6-17)31-25-23(18-3-8-20(27)9-4-18)13-7-19-15-22(30-2)12-14-24(19)25/h3-16H,1-2H3,(H,28,29). The molecule has 4 rings (SSSR count). The van der Waals surface area contributed by atoms with E-state index in [9.17, 15) is 14.3 Å². The van der Waals surface area contributed by atoms with Crippen molar-refractivity contribution in [3.63, 3.8) is 0 Å². The minimum Gasteiger partial charge on any atom is -0.497 e. The lowest BCUT2D eigenvalue weighted by Crippen LogP contribution is -2.06. The molecule has 1 unspecified atom stereocenters. The Morgan fingerprint density at radius 2 is 1.58 bits per heavy atom. The summed E-state index contributed by atoms with van der Waals surface area (Å²) in [5, 5.41) is 11.0. The summed E-state index contributed by atoms with van der Waals surface area (Å²) in [6.07, 6.45) is 0. The highest BCUT2D eigenvalue weighted by Crippen LogP contribution is 2.40. The molecular weight excluding hydrogens is 395 g/mol. The molecule has 4 aromatic rings. The normalized spacial score (nSPS) is 11.8. The molecule has 0 heterocycles. The van der Waals surface area contributed by atoms with E-state index in [1.54, 1.807) is 50.4 Å². The lowest BCUT2D eigenvalue weighted by molar-refractivity contribution is -0.138. The van der Waals surface area contributed by atoms with Crippen molar-refractivity contribution < 1.29 is 23.8 Å². The fraction of sp³-hybridized carbons (Fsp3) is 0.115. The van der Waals surface area contributed by atoms with Crippen molar-refractivity contribution in [2.24, 2.45) is 0 Å². The monoisotopic (exact) mass is 416 g/mol. The minimum atomic E-state index is -0.879. The number of methoxy groups -OCH3 is 1. The molecule has 0 spiro atoms. The van der Waals surface area contributed by atoms with Crippen LogP contribution >= 0.6 is 0 Å². The van der Waals surface area contributed by atoms with Gasteiger partial charge in [0.25, 0.3) is 0 Å². The van der Waals surface area contributed by atoms with Gasteiger partial charge in [-0.2, -0.15) is 0 Å². The van der Waals surface area contributed by atoms with Gasteiger partial charge in [-0.05, 0) is 72.0 Å². The average molecular weight is 416 g/mol. The zero-order valence-corrected chi connectivity index (χ0v) is 17.1. The highest BCUT2D eigenvalue weighted by molar-refractivity contribution is 5.96. The van der Waals surface area contributed by atoms with Gasteiger partial charge in [0, 0.05) is 10.9 Å². The Balaban J connectivity index is 1.80. The van der Waals surface area contributed by atoms with Crippen LogP contribution in [-0.4, -0.2) is 18.2 Å². The lowest BCUT2D eigenvalue weighted by atomic mass is 9.99. The SMILES string of the molecule is COc1ccc2c(Oc3ccc(C(C)C(=O)O)cc3)c(-c3ccc(F)cc3)ccc2c1. The smallest absolute Gasteiger partial charge is 0.310 e. The van der Waals surface area contributed by atoms with E-state index in [0.717, 1.165) is 27.6 Å². The van der Waals surface area contributed by atoms with E-state index in [1.807, 2.05) is 30.3 Å². The lowest BCUT2D eigenvalue weighted by Gasteiger charge is -2.16. The highest BCUT2D eigenvalue weighted by Gasteiger charge is 2.16. The van der Waals surface area contributed by atoms with Gasteiger partial charge in [-0.25, -0.2) is 4.39 Å².